The van der Waals surface area contributed by atoms with Crippen molar-refractivity contribution in [3.63, 3.8) is 0 Å². The number of amidine groups is 1. The molecule has 5 nitrogen and oxygen atoms in total. The minimum atomic E-state index is -0.477. The topological polar surface area (TPSA) is 61.8 Å². The minimum Gasteiger partial charge on any atom is -0.326 e. The lowest BCUT2D eigenvalue weighted by molar-refractivity contribution is -0.127. The van der Waals surface area contributed by atoms with E-state index in [-0.39, 0.29) is 18.2 Å². The van der Waals surface area contributed by atoms with Gasteiger partial charge in [0.05, 0.1) is 5.69 Å². The van der Waals surface area contributed by atoms with E-state index in [0.717, 1.165) is 9.26 Å². The molecule has 0 aromatic heterocycles. The minimum absolute atomic E-state index is 0.0855. The summed E-state index contributed by atoms with van der Waals surface area (Å²) < 4.78 is 1.12. The summed E-state index contributed by atoms with van der Waals surface area (Å²) in [7, 11) is 1.68. The van der Waals surface area contributed by atoms with E-state index in [4.69, 9.17) is 11.6 Å². The van der Waals surface area contributed by atoms with E-state index in [2.05, 4.69) is 32.9 Å². The highest BCUT2D eigenvalue weighted by molar-refractivity contribution is 14.1. The lowest BCUT2D eigenvalue weighted by Crippen LogP contribution is -2.30. The zero-order valence-corrected chi connectivity index (χ0v) is 17.5. The standard InChI is InChI=1S/C18H15ClIN3O2S/c1-23-17(25)15(10-16(24)21-13-6-2-11(19)3-7-13)26-18(23)22-14-8-4-12(20)5-9-14/h2-9,15H,10H2,1H3,(H,21,24)/t15-/m0/s1. The molecule has 2 amide bonds. The maximum Gasteiger partial charge on any atom is 0.242 e. The number of halogens is 2. The number of hydrogen-bond acceptors (Lipinski definition) is 4. The van der Waals surface area contributed by atoms with Gasteiger partial charge in [-0.3, -0.25) is 14.5 Å². The molecule has 0 aliphatic carbocycles. The monoisotopic (exact) mass is 499 g/mol. The first-order valence-electron chi connectivity index (χ1n) is 7.76. The molecule has 1 aliphatic heterocycles. The molecule has 134 valence electrons. The van der Waals surface area contributed by atoms with Gasteiger partial charge in [-0.1, -0.05) is 23.4 Å². The second kappa shape index (κ2) is 8.41. The Hall–Kier alpha value is -1.58. The molecule has 1 saturated heterocycles. The molecule has 2 aromatic rings. The van der Waals surface area contributed by atoms with Crippen molar-refractivity contribution in [3.8, 4) is 0 Å². The van der Waals surface area contributed by atoms with Crippen LogP contribution in [0.25, 0.3) is 0 Å². The fourth-order valence-corrected chi connectivity index (χ4v) is 3.98. The van der Waals surface area contributed by atoms with Gasteiger partial charge in [-0.25, -0.2) is 4.99 Å². The van der Waals surface area contributed by atoms with Crippen LogP contribution in [0.15, 0.2) is 53.5 Å². The Labute approximate surface area is 174 Å². The van der Waals surface area contributed by atoms with E-state index >= 15 is 0 Å². The van der Waals surface area contributed by atoms with Crippen molar-refractivity contribution in [2.75, 3.05) is 12.4 Å². The van der Waals surface area contributed by atoms with Gasteiger partial charge >= 0.3 is 0 Å². The van der Waals surface area contributed by atoms with Crippen molar-refractivity contribution in [2.24, 2.45) is 4.99 Å². The zero-order valence-electron chi connectivity index (χ0n) is 13.8. The summed E-state index contributed by atoms with van der Waals surface area (Å²) in [5.74, 6) is -0.340. The van der Waals surface area contributed by atoms with Crippen molar-refractivity contribution in [1.82, 2.24) is 4.90 Å². The molecule has 0 spiro atoms. The van der Waals surface area contributed by atoms with E-state index in [9.17, 15) is 9.59 Å². The van der Waals surface area contributed by atoms with E-state index in [1.54, 1.807) is 31.3 Å². The normalized spacial score (nSPS) is 18.4. The molecule has 1 atom stereocenters. The molecule has 2 aromatic carbocycles. The summed E-state index contributed by atoms with van der Waals surface area (Å²) in [6, 6.07) is 14.6. The second-order valence-corrected chi connectivity index (χ2v) is 8.49. The highest BCUT2D eigenvalue weighted by Gasteiger charge is 2.36. The van der Waals surface area contributed by atoms with Crippen LogP contribution in [0.2, 0.25) is 5.02 Å². The van der Waals surface area contributed by atoms with Gasteiger partial charge in [0.1, 0.15) is 5.25 Å². The fraction of sp³-hybridized carbons (Fsp3) is 0.167. The number of anilines is 1. The third-order valence-corrected chi connectivity index (χ3v) is 5.89. The number of carbonyl (C=O) groups is 2. The predicted molar refractivity (Wildman–Crippen MR) is 115 cm³/mol. The number of amides is 2. The molecule has 0 radical (unpaired) electrons. The molecule has 1 fully saturated rings. The van der Waals surface area contributed by atoms with Gasteiger partial charge in [0.15, 0.2) is 5.17 Å². The summed E-state index contributed by atoms with van der Waals surface area (Å²) in [5, 5.41) is 3.50. The summed E-state index contributed by atoms with van der Waals surface area (Å²) in [4.78, 5) is 30.7. The maximum absolute atomic E-state index is 12.4. The van der Waals surface area contributed by atoms with Crippen molar-refractivity contribution >= 4 is 74.3 Å². The number of carbonyl (C=O) groups excluding carboxylic acids is 2. The summed E-state index contributed by atoms with van der Waals surface area (Å²) in [6.07, 6.45) is 0.0855. The van der Waals surface area contributed by atoms with Crippen LogP contribution in [-0.2, 0) is 9.59 Å². The smallest absolute Gasteiger partial charge is 0.242 e. The quantitative estimate of drug-likeness (QED) is 0.629. The number of nitrogens with one attached hydrogen (secondary N) is 1. The van der Waals surface area contributed by atoms with Gasteiger partial charge < -0.3 is 5.32 Å². The molecule has 0 saturated carbocycles. The highest BCUT2D eigenvalue weighted by Crippen LogP contribution is 2.31. The molecular formula is C18H15ClIN3O2S. The molecule has 3 rings (SSSR count). The number of rotatable bonds is 4. The van der Waals surface area contributed by atoms with Gasteiger partial charge in [0.2, 0.25) is 11.8 Å². The SMILES string of the molecule is CN1C(=O)[C@H](CC(=O)Nc2ccc(Cl)cc2)SC1=Nc1ccc(I)cc1. The van der Waals surface area contributed by atoms with E-state index in [1.165, 1.54) is 16.7 Å². The number of thioether (sulfide) groups is 1. The molecule has 1 heterocycles. The van der Waals surface area contributed by atoms with Crippen molar-refractivity contribution in [3.05, 3.63) is 57.1 Å². The van der Waals surface area contributed by atoms with Gasteiger partial charge in [0.25, 0.3) is 0 Å². The van der Waals surface area contributed by atoms with E-state index in [0.29, 0.717) is 15.9 Å². The highest BCUT2D eigenvalue weighted by atomic mass is 127. The molecule has 1 aliphatic rings. The van der Waals surface area contributed by atoms with Crippen LogP contribution in [0, 0.1) is 3.57 Å². The third kappa shape index (κ3) is 4.77. The van der Waals surface area contributed by atoms with E-state index < -0.39 is 5.25 Å². The predicted octanol–water partition coefficient (Wildman–Crippen LogP) is 4.53. The average Bonchev–Trinajstić information content (AvgIpc) is 2.87. The first kappa shape index (κ1) is 19.2. The largest absolute Gasteiger partial charge is 0.326 e. The lowest BCUT2D eigenvalue weighted by Gasteiger charge is -2.09. The lowest BCUT2D eigenvalue weighted by atomic mass is 10.2. The Morgan fingerprint density at radius 1 is 1.23 bits per heavy atom. The van der Waals surface area contributed by atoms with Crippen molar-refractivity contribution in [1.29, 1.82) is 0 Å². The van der Waals surface area contributed by atoms with Crippen LogP contribution in [0.4, 0.5) is 11.4 Å². The number of benzene rings is 2. The van der Waals surface area contributed by atoms with Crippen molar-refractivity contribution < 1.29 is 9.59 Å². The Morgan fingerprint density at radius 2 is 1.88 bits per heavy atom. The van der Waals surface area contributed by atoms with Crippen LogP contribution < -0.4 is 5.32 Å². The molecule has 1 N–H and O–H groups in total. The van der Waals surface area contributed by atoms with Gasteiger partial charge in [-0.05, 0) is 71.1 Å². The fourth-order valence-electron chi connectivity index (χ4n) is 2.34. The third-order valence-electron chi connectivity index (χ3n) is 3.69. The average molecular weight is 500 g/mol. The van der Waals surface area contributed by atoms with Crippen LogP contribution >= 0.6 is 46.0 Å². The maximum atomic E-state index is 12.4. The van der Waals surface area contributed by atoms with Crippen LogP contribution in [0.5, 0.6) is 0 Å². The zero-order chi connectivity index (χ0) is 18.7. The van der Waals surface area contributed by atoms with Crippen LogP contribution in [0.3, 0.4) is 0 Å². The summed E-state index contributed by atoms with van der Waals surface area (Å²) in [5.41, 5.74) is 1.43. The Bertz CT molecular complexity index is 856. The van der Waals surface area contributed by atoms with E-state index in [1.807, 2.05) is 24.3 Å². The molecule has 0 unspecified atom stereocenters. The Morgan fingerprint density at radius 3 is 2.54 bits per heavy atom. The van der Waals surface area contributed by atoms with Gasteiger partial charge in [0, 0.05) is 27.7 Å². The van der Waals surface area contributed by atoms with Crippen LogP contribution in [-0.4, -0.2) is 34.2 Å². The molecule has 8 heteroatoms. The molecule has 26 heavy (non-hydrogen) atoms. The number of nitrogens with zero attached hydrogens (tertiary/aromatic N) is 2. The number of aliphatic imine (C=N–C) groups is 1. The number of hydrogen-bond donors (Lipinski definition) is 1. The first-order valence-corrected chi connectivity index (χ1v) is 10.1. The van der Waals surface area contributed by atoms with Crippen LogP contribution in [0.1, 0.15) is 6.42 Å². The van der Waals surface area contributed by atoms with Crippen molar-refractivity contribution in [2.45, 2.75) is 11.7 Å². The van der Waals surface area contributed by atoms with Gasteiger partial charge in [-0.2, -0.15) is 0 Å². The first-order chi connectivity index (χ1) is 12.4. The summed E-state index contributed by atoms with van der Waals surface area (Å²) >= 11 is 9.37. The molecule has 0 bridgehead atoms. The summed E-state index contributed by atoms with van der Waals surface area (Å²) in [6.45, 7) is 0. The van der Waals surface area contributed by atoms with Gasteiger partial charge in [-0.15, -0.1) is 0 Å². The second-order valence-electron chi connectivity index (χ2n) is 5.63. The Kier molecular flexibility index (Phi) is 6.20. The molecular weight excluding hydrogens is 485 g/mol. The Balaban J connectivity index is 1.65.